The summed E-state index contributed by atoms with van der Waals surface area (Å²) >= 11 is 0. The van der Waals surface area contributed by atoms with Crippen molar-refractivity contribution in [2.75, 3.05) is 14.2 Å². The van der Waals surface area contributed by atoms with Gasteiger partial charge in [0.05, 0.1) is 18.6 Å². The van der Waals surface area contributed by atoms with E-state index in [1.54, 1.807) is 20.3 Å². The largest absolute Gasteiger partial charge is 0.497 e. The molecule has 4 atom stereocenters. The Morgan fingerprint density at radius 3 is 2.61 bits per heavy atom. The lowest BCUT2D eigenvalue weighted by atomic mass is 9.78. The van der Waals surface area contributed by atoms with Crippen molar-refractivity contribution in [3.05, 3.63) is 47.7 Å². The quantitative estimate of drug-likeness (QED) is 0.580. The highest BCUT2D eigenvalue weighted by atomic mass is 17.2. The summed E-state index contributed by atoms with van der Waals surface area (Å²) in [5.74, 6) is 1.15. The summed E-state index contributed by atoms with van der Waals surface area (Å²) in [6.45, 7) is 5.62. The Morgan fingerprint density at radius 1 is 1.14 bits per heavy atom. The maximum Gasteiger partial charge on any atom is 0.216 e. The topological polar surface area (TPSA) is 72.5 Å². The third kappa shape index (κ3) is 2.99. The standard InChI is InChI=1S/C21H24O7/c1-20(2,3)27-28-21-9-8-12(22)10-16(21)26-19(24-5)17-14-7-6-13(23-4)11-15(14)25-18(17)21/h6-11,17-19H,1-5H3/t17-,18+,19-,21?/m0/s1. The molecular weight excluding hydrogens is 364 g/mol. The Kier molecular flexibility index (Phi) is 4.49. The van der Waals surface area contributed by atoms with Gasteiger partial charge in [-0.3, -0.25) is 4.79 Å². The number of carbonyl (C=O) groups is 1. The van der Waals surface area contributed by atoms with E-state index >= 15 is 0 Å². The number of methoxy groups -OCH3 is 2. The number of fused-ring (bicyclic) bond motifs is 5. The summed E-state index contributed by atoms with van der Waals surface area (Å²) in [6, 6.07) is 5.61. The van der Waals surface area contributed by atoms with E-state index in [0.29, 0.717) is 17.3 Å². The van der Waals surface area contributed by atoms with E-state index < -0.39 is 23.6 Å². The molecule has 0 amide bonds. The highest BCUT2D eigenvalue weighted by Crippen LogP contribution is 2.54. The lowest BCUT2D eigenvalue weighted by molar-refractivity contribution is -0.410. The second kappa shape index (κ2) is 6.62. The number of hydrogen-bond donors (Lipinski definition) is 0. The zero-order chi connectivity index (χ0) is 20.1. The van der Waals surface area contributed by atoms with Gasteiger partial charge >= 0.3 is 0 Å². The fourth-order valence-electron chi connectivity index (χ4n) is 3.68. The van der Waals surface area contributed by atoms with Crippen LogP contribution in [0, 0.1) is 0 Å². The first kappa shape index (κ1) is 19.0. The van der Waals surface area contributed by atoms with Crippen molar-refractivity contribution in [1.82, 2.24) is 0 Å². The van der Waals surface area contributed by atoms with Gasteiger partial charge in [-0.2, -0.15) is 0 Å². The maximum atomic E-state index is 12.0. The fourth-order valence-corrected chi connectivity index (χ4v) is 3.68. The van der Waals surface area contributed by atoms with Gasteiger partial charge in [-0.05, 0) is 39.0 Å². The van der Waals surface area contributed by atoms with Gasteiger partial charge in [0.1, 0.15) is 17.3 Å². The second-order valence-corrected chi connectivity index (χ2v) is 8.01. The van der Waals surface area contributed by atoms with Gasteiger partial charge < -0.3 is 18.9 Å². The monoisotopic (exact) mass is 388 g/mol. The maximum absolute atomic E-state index is 12.0. The molecule has 1 unspecified atom stereocenters. The van der Waals surface area contributed by atoms with Crippen LogP contribution < -0.4 is 9.47 Å². The summed E-state index contributed by atoms with van der Waals surface area (Å²) in [6.07, 6.45) is 3.28. The average Bonchev–Trinajstić information content (AvgIpc) is 3.04. The molecule has 0 radical (unpaired) electrons. The van der Waals surface area contributed by atoms with Crippen molar-refractivity contribution in [3.8, 4) is 11.5 Å². The molecule has 0 N–H and O–H groups in total. The van der Waals surface area contributed by atoms with Crippen LogP contribution in [0.25, 0.3) is 0 Å². The molecule has 0 saturated carbocycles. The van der Waals surface area contributed by atoms with Crippen molar-refractivity contribution >= 4 is 5.78 Å². The molecule has 1 fully saturated rings. The summed E-state index contributed by atoms with van der Waals surface area (Å²) in [5.41, 5.74) is -0.870. The molecule has 2 aliphatic heterocycles. The number of ketones is 1. The molecule has 3 aliphatic rings. The van der Waals surface area contributed by atoms with Crippen LogP contribution in [-0.4, -0.2) is 43.6 Å². The predicted octanol–water partition coefficient (Wildman–Crippen LogP) is 3.05. The normalized spacial score (nSPS) is 30.5. The van der Waals surface area contributed by atoms with Crippen LogP contribution in [0.5, 0.6) is 11.5 Å². The number of ether oxygens (including phenoxy) is 4. The van der Waals surface area contributed by atoms with Crippen molar-refractivity contribution in [1.29, 1.82) is 0 Å². The van der Waals surface area contributed by atoms with Gasteiger partial charge in [-0.25, -0.2) is 9.78 Å². The molecule has 0 aromatic heterocycles. The van der Waals surface area contributed by atoms with Crippen molar-refractivity contribution in [2.45, 2.75) is 50.3 Å². The Labute approximate surface area is 163 Å². The molecule has 150 valence electrons. The van der Waals surface area contributed by atoms with Gasteiger partial charge in [-0.1, -0.05) is 6.07 Å². The molecule has 7 nitrogen and oxygen atoms in total. The summed E-state index contributed by atoms with van der Waals surface area (Å²) in [5, 5.41) is 0. The molecule has 1 aliphatic carbocycles. The van der Waals surface area contributed by atoms with Crippen LogP contribution in [-0.2, 0) is 24.0 Å². The minimum absolute atomic E-state index is 0.199. The molecule has 1 saturated heterocycles. The second-order valence-electron chi connectivity index (χ2n) is 8.01. The predicted molar refractivity (Wildman–Crippen MR) is 98.9 cm³/mol. The lowest BCUT2D eigenvalue weighted by Crippen LogP contribution is -2.58. The Hall–Kier alpha value is -2.35. The lowest BCUT2D eigenvalue weighted by Gasteiger charge is -2.46. The van der Waals surface area contributed by atoms with E-state index in [1.165, 1.54) is 12.2 Å². The SMILES string of the molecule is COc1ccc2c(c1)O[C@@H]1[C@H]2[C@@H](OC)OC2=CC(=O)C=CC21OOC(C)(C)C. The molecule has 4 rings (SSSR count). The minimum Gasteiger partial charge on any atom is -0.497 e. The van der Waals surface area contributed by atoms with Gasteiger partial charge in [-0.15, -0.1) is 0 Å². The molecule has 0 bridgehead atoms. The third-order valence-corrected chi connectivity index (χ3v) is 4.93. The van der Waals surface area contributed by atoms with E-state index in [1.807, 2.05) is 39.0 Å². The number of carbonyl (C=O) groups excluding carboxylic acids is 1. The molecule has 1 aromatic carbocycles. The molecule has 0 spiro atoms. The molecule has 1 aromatic rings. The number of hydrogen-bond acceptors (Lipinski definition) is 7. The van der Waals surface area contributed by atoms with E-state index in [-0.39, 0.29) is 11.7 Å². The Bertz CT molecular complexity index is 851. The smallest absolute Gasteiger partial charge is 0.216 e. The highest BCUT2D eigenvalue weighted by Gasteiger charge is 2.62. The molecule has 28 heavy (non-hydrogen) atoms. The molecule has 2 heterocycles. The van der Waals surface area contributed by atoms with E-state index in [0.717, 1.165) is 5.56 Å². The van der Waals surface area contributed by atoms with Gasteiger partial charge in [0.25, 0.3) is 0 Å². The van der Waals surface area contributed by atoms with Crippen LogP contribution in [0.4, 0.5) is 0 Å². The first-order valence-electron chi connectivity index (χ1n) is 9.14. The molecular formula is C21H24O7. The summed E-state index contributed by atoms with van der Waals surface area (Å²) < 4.78 is 23.3. The fraction of sp³-hybridized carbons (Fsp3) is 0.476. The van der Waals surface area contributed by atoms with E-state index in [9.17, 15) is 4.79 Å². The zero-order valence-electron chi connectivity index (χ0n) is 16.6. The average molecular weight is 388 g/mol. The Morgan fingerprint density at radius 2 is 1.93 bits per heavy atom. The van der Waals surface area contributed by atoms with Gasteiger partial charge in [0.2, 0.25) is 11.9 Å². The van der Waals surface area contributed by atoms with Crippen LogP contribution in [0.2, 0.25) is 0 Å². The first-order chi connectivity index (χ1) is 13.3. The third-order valence-electron chi connectivity index (χ3n) is 4.93. The van der Waals surface area contributed by atoms with E-state index in [4.69, 9.17) is 28.7 Å². The minimum atomic E-state index is -1.22. The van der Waals surface area contributed by atoms with Crippen LogP contribution in [0.3, 0.4) is 0 Å². The van der Waals surface area contributed by atoms with Crippen molar-refractivity contribution < 1.29 is 33.5 Å². The van der Waals surface area contributed by atoms with Gasteiger partial charge in [0, 0.05) is 24.8 Å². The van der Waals surface area contributed by atoms with Crippen LogP contribution >= 0.6 is 0 Å². The number of benzene rings is 1. The van der Waals surface area contributed by atoms with Crippen molar-refractivity contribution in [2.24, 2.45) is 0 Å². The van der Waals surface area contributed by atoms with Crippen LogP contribution in [0.1, 0.15) is 32.3 Å². The zero-order valence-corrected chi connectivity index (χ0v) is 16.6. The highest BCUT2D eigenvalue weighted by molar-refractivity contribution is 6.01. The van der Waals surface area contributed by atoms with Crippen molar-refractivity contribution in [3.63, 3.8) is 0 Å². The Balaban J connectivity index is 1.80. The number of allylic oxidation sites excluding steroid dienone is 2. The van der Waals surface area contributed by atoms with Crippen LogP contribution in [0.15, 0.2) is 42.2 Å². The molecule has 7 heteroatoms. The summed E-state index contributed by atoms with van der Waals surface area (Å²) in [4.78, 5) is 23.6. The first-order valence-corrected chi connectivity index (χ1v) is 9.14. The number of rotatable bonds is 4. The van der Waals surface area contributed by atoms with E-state index in [2.05, 4.69) is 0 Å². The summed E-state index contributed by atoms with van der Waals surface area (Å²) in [7, 11) is 3.16. The van der Waals surface area contributed by atoms with Gasteiger partial charge in [0.15, 0.2) is 11.9 Å².